The summed E-state index contributed by atoms with van der Waals surface area (Å²) < 4.78 is 17.1. The number of piperidine rings is 1. The third-order valence-electron chi connectivity index (χ3n) is 5.82. The van der Waals surface area contributed by atoms with Crippen LogP contribution in [0.3, 0.4) is 0 Å². The number of benzene rings is 2. The number of rotatable bonds is 6. The van der Waals surface area contributed by atoms with Crippen LogP contribution >= 0.6 is 0 Å². The van der Waals surface area contributed by atoms with Gasteiger partial charge in [0.05, 0.1) is 25.1 Å². The second kappa shape index (κ2) is 8.97. The van der Waals surface area contributed by atoms with Crippen LogP contribution in [0.4, 0.5) is 0 Å². The molecular formula is C24H23N3O7. The van der Waals surface area contributed by atoms with E-state index in [1.165, 1.54) is 33.3 Å². The van der Waals surface area contributed by atoms with Crippen molar-refractivity contribution in [3.63, 3.8) is 0 Å². The van der Waals surface area contributed by atoms with Crippen LogP contribution in [0.5, 0.6) is 11.5 Å². The summed E-state index contributed by atoms with van der Waals surface area (Å²) in [5.74, 6) is -1.67. The number of carbonyl (C=O) groups excluding carboxylic acids is 3. The Morgan fingerprint density at radius 2 is 1.76 bits per heavy atom. The Morgan fingerprint density at radius 1 is 1.09 bits per heavy atom. The van der Waals surface area contributed by atoms with Crippen molar-refractivity contribution in [1.29, 1.82) is 0 Å². The van der Waals surface area contributed by atoms with Crippen LogP contribution in [-0.4, -0.2) is 41.6 Å². The maximum Gasteiger partial charge on any atom is 0.342 e. The van der Waals surface area contributed by atoms with Crippen LogP contribution in [-0.2, 0) is 31.3 Å². The second-order valence-corrected chi connectivity index (χ2v) is 7.82. The number of esters is 1. The van der Waals surface area contributed by atoms with Crippen molar-refractivity contribution < 1.29 is 28.6 Å². The molecular weight excluding hydrogens is 442 g/mol. The van der Waals surface area contributed by atoms with Crippen molar-refractivity contribution in [1.82, 2.24) is 14.9 Å². The minimum atomic E-state index is -2.10. The van der Waals surface area contributed by atoms with Gasteiger partial charge in [-0.15, -0.1) is 0 Å². The number of nitrogens with one attached hydrogen (secondary N) is 1. The summed E-state index contributed by atoms with van der Waals surface area (Å²) in [6, 6.07) is 11.9. The number of methoxy groups -OCH3 is 2. The molecule has 1 N–H and O–H groups in total. The summed E-state index contributed by atoms with van der Waals surface area (Å²) in [7, 11) is 2.88. The van der Waals surface area contributed by atoms with Crippen molar-refractivity contribution in [3.05, 3.63) is 64.2 Å². The Labute approximate surface area is 194 Å². The van der Waals surface area contributed by atoms with Crippen molar-refractivity contribution in [3.8, 4) is 11.5 Å². The van der Waals surface area contributed by atoms with E-state index in [9.17, 15) is 19.2 Å². The van der Waals surface area contributed by atoms with Crippen LogP contribution in [0.2, 0.25) is 0 Å². The van der Waals surface area contributed by atoms with E-state index in [4.69, 9.17) is 14.2 Å². The molecule has 1 saturated heterocycles. The van der Waals surface area contributed by atoms with E-state index in [1.54, 1.807) is 24.3 Å². The number of imide groups is 1. The molecule has 2 aromatic carbocycles. The van der Waals surface area contributed by atoms with Crippen LogP contribution in [0.1, 0.15) is 24.2 Å². The second-order valence-electron chi connectivity index (χ2n) is 7.82. The van der Waals surface area contributed by atoms with Gasteiger partial charge in [0.25, 0.3) is 11.5 Å². The topological polar surface area (TPSA) is 126 Å². The largest absolute Gasteiger partial charge is 0.493 e. The van der Waals surface area contributed by atoms with E-state index in [0.29, 0.717) is 16.8 Å². The standard InChI is InChI=1S/C24H23N3O7/c1-14-25-17-12-19(33-3)18(32-2)11-16(17)21(29)27(14)24(10-9-20(28)26-22(24)30)23(31)34-13-15-7-5-4-6-8-15/h4-8,11-12H,9-10,13H2,1-3H3,(H,26,28,30)/t24-/m1/s1. The van der Waals surface area contributed by atoms with E-state index in [0.717, 1.165) is 4.57 Å². The van der Waals surface area contributed by atoms with Crippen LogP contribution in [0.15, 0.2) is 47.3 Å². The van der Waals surface area contributed by atoms with E-state index in [2.05, 4.69) is 10.3 Å². The Balaban J connectivity index is 1.88. The fourth-order valence-electron chi connectivity index (χ4n) is 4.12. The lowest BCUT2D eigenvalue weighted by Crippen LogP contribution is -2.62. The van der Waals surface area contributed by atoms with Crippen LogP contribution in [0, 0.1) is 6.92 Å². The number of hydrogen-bond acceptors (Lipinski definition) is 8. The molecule has 34 heavy (non-hydrogen) atoms. The minimum absolute atomic E-state index is 0.103. The molecule has 0 saturated carbocycles. The molecule has 4 rings (SSSR count). The Morgan fingerprint density at radius 3 is 2.41 bits per heavy atom. The minimum Gasteiger partial charge on any atom is -0.493 e. The Bertz CT molecular complexity index is 1350. The lowest BCUT2D eigenvalue weighted by Gasteiger charge is -2.35. The number of ether oxygens (including phenoxy) is 3. The predicted molar refractivity (Wildman–Crippen MR) is 120 cm³/mol. The van der Waals surface area contributed by atoms with Gasteiger partial charge in [-0.05, 0) is 25.0 Å². The fourth-order valence-corrected chi connectivity index (χ4v) is 4.12. The van der Waals surface area contributed by atoms with Crippen molar-refractivity contribution in [2.45, 2.75) is 31.9 Å². The Hall–Kier alpha value is -4.21. The zero-order chi connectivity index (χ0) is 24.5. The molecule has 2 amide bonds. The third-order valence-corrected chi connectivity index (χ3v) is 5.82. The number of carbonyl (C=O) groups is 3. The van der Waals surface area contributed by atoms with Gasteiger partial charge in [0.1, 0.15) is 12.4 Å². The highest BCUT2D eigenvalue weighted by Crippen LogP contribution is 2.33. The fraction of sp³-hybridized carbons (Fsp3) is 0.292. The first-order chi connectivity index (χ1) is 16.3. The lowest BCUT2D eigenvalue weighted by molar-refractivity contribution is -0.164. The highest BCUT2D eigenvalue weighted by Gasteiger charge is 2.54. The quantitative estimate of drug-likeness (QED) is 0.331. The van der Waals surface area contributed by atoms with Crippen LogP contribution < -0.4 is 20.3 Å². The summed E-state index contributed by atoms with van der Waals surface area (Å²) in [5.41, 5.74) is -1.74. The maximum absolute atomic E-state index is 13.7. The van der Waals surface area contributed by atoms with Gasteiger partial charge >= 0.3 is 5.97 Å². The molecule has 1 fully saturated rings. The SMILES string of the molecule is COc1cc2nc(C)n([C@]3(C(=O)OCc4ccccc4)CCC(=O)NC3=O)c(=O)c2cc1OC. The molecule has 10 heteroatoms. The number of fused-ring (bicyclic) bond motifs is 1. The summed E-state index contributed by atoms with van der Waals surface area (Å²) in [6.45, 7) is 1.40. The Kier molecular flexibility index (Phi) is 6.06. The van der Waals surface area contributed by atoms with Crippen LogP contribution in [0.25, 0.3) is 10.9 Å². The van der Waals surface area contributed by atoms with Gasteiger partial charge in [0, 0.05) is 12.5 Å². The first-order valence-corrected chi connectivity index (χ1v) is 10.5. The first-order valence-electron chi connectivity index (χ1n) is 10.5. The van der Waals surface area contributed by atoms with Crippen molar-refractivity contribution in [2.75, 3.05) is 14.2 Å². The third kappa shape index (κ3) is 3.76. The monoisotopic (exact) mass is 465 g/mol. The smallest absolute Gasteiger partial charge is 0.342 e. The van der Waals surface area contributed by atoms with Gasteiger partial charge in [-0.25, -0.2) is 9.78 Å². The van der Waals surface area contributed by atoms with Gasteiger partial charge < -0.3 is 14.2 Å². The summed E-state index contributed by atoms with van der Waals surface area (Å²) in [4.78, 5) is 56.7. The van der Waals surface area contributed by atoms with E-state index >= 15 is 0 Å². The molecule has 10 nitrogen and oxygen atoms in total. The molecule has 2 heterocycles. The van der Waals surface area contributed by atoms with E-state index in [1.807, 2.05) is 6.07 Å². The van der Waals surface area contributed by atoms with Gasteiger partial charge in [-0.3, -0.25) is 24.3 Å². The highest BCUT2D eigenvalue weighted by atomic mass is 16.5. The molecule has 1 atom stereocenters. The number of aryl methyl sites for hydroxylation is 1. The van der Waals surface area contributed by atoms with E-state index in [-0.39, 0.29) is 36.4 Å². The molecule has 0 spiro atoms. The number of hydrogen-bond donors (Lipinski definition) is 1. The zero-order valence-electron chi connectivity index (χ0n) is 18.9. The molecule has 0 aliphatic carbocycles. The van der Waals surface area contributed by atoms with Crippen molar-refractivity contribution in [2.24, 2.45) is 0 Å². The van der Waals surface area contributed by atoms with Gasteiger partial charge in [0.2, 0.25) is 11.4 Å². The molecule has 176 valence electrons. The zero-order valence-corrected chi connectivity index (χ0v) is 18.9. The molecule has 1 aliphatic rings. The first kappa shape index (κ1) is 23.0. The molecule has 1 aromatic heterocycles. The van der Waals surface area contributed by atoms with Gasteiger partial charge in [0.15, 0.2) is 11.5 Å². The van der Waals surface area contributed by atoms with Gasteiger partial charge in [-0.1, -0.05) is 30.3 Å². The van der Waals surface area contributed by atoms with Crippen molar-refractivity contribution >= 4 is 28.7 Å². The number of aromatic nitrogens is 2. The van der Waals surface area contributed by atoms with E-state index < -0.39 is 28.9 Å². The summed E-state index contributed by atoms with van der Waals surface area (Å²) in [6.07, 6.45) is -0.394. The molecule has 0 unspecified atom stereocenters. The van der Waals surface area contributed by atoms with Gasteiger partial charge in [-0.2, -0.15) is 0 Å². The average Bonchev–Trinajstić information content (AvgIpc) is 2.83. The normalized spacial score (nSPS) is 17.9. The molecule has 1 aliphatic heterocycles. The predicted octanol–water partition coefficient (Wildman–Crippen LogP) is 1.60. The summed E-state index contributed by atoms with van der Waals surface area (Å²) in [5, 5.41) is 2.29. The average molecular weight is 465 g/mol. The number of nitrogens with zero attached hydrogens (tertiary/aromatic N) is 2. The molecule has 3 aromatic rings. The highest BCUT2D eigenvalue weighted by molar-refractivity contribution is 6.13. The lowest BCUT2D eigenvalue weighted by atomic mass is 9.87. The summed E-state index contributed by atoms with van der Waals surface area (Å²) >= 11 is 0. The molecule has 0 radical (unpaired) electrons. The molecule has 0 bridgehead atoms. The maximum atomic E-state index is 13.7. The number of amides is 2.